The Kier molecular flexibility index (Phi) is 10.9. The van der Waals surface area contributed by atoms with Gasteiger partial charge in [-0.3, -0.25) is 24.2 Å². The Labute approximate surface area is 209 Å². The van der Waals surface area contributed by atoms with E-state index in [-0.39, 0.29) is 42.6 Å². The molecule has 0 unspecified atom stereocenters. The fourth-order valence-electron chi connectivity index (χ4n) is 4.29. The third kappa shape index (κ3) is 8.10. The van der Waals surface area contributed by atoms with Gasteiger partial charge in [-0.1, -0.05) is 13.8 Å². The molecule has 0 bridgehead atoms. The van der Waals surface area contributed by atoms with Crippen molar-refractivity contribution in [2.45, 2.75) is 58.0 Å². The first-order chi connectivity index (χ1) is 17.0. The first-order valence-electron chi connectivity index (χ1n) is 12.1. The van der Waals surface area contributed by atoms with Crippen molar-refractivity contribution in [3.8, 4) is 0 Å². The SMILES string of the molecule is CC(C)[C@H](NC(=O)c1ccc(F)cc1)C(=O)N1CCC[C@H]1C(=O)C[C@H](CCCN=C(N)N)C(=O)CF. The molecule has 0 aromatic heterocycles. The van der Waals surface area contributed by atoms with Crippen LogP contribution in [0.5, 0.6) is 0 Å². The van der Waals surface area contributed by atoms with Gasteiger partial charge in [0.25, 0.3) is 5.91 Å². The van der Waals surface area contributed by atoms with Crippen LogP contribution in [0.25, 0.3) is 0 Å². The quantitative estimate of drug-likeness (QED) is 0.210. The summed E-state index contributed by atoms with van der Waals surface area (Å²) in [7, 11) is 0. The minimum Gasteiger partial charge on any atom is -0.370 e. The van der Waals surface area contributed by atoms with Crippen LogP contribution < -0.4 is 16.8 Å². The third-order valence-electron chi connectivity index (χ3n) is 6.27. The standard InChI is InChI=1S/C25H35F2N5O4/c1-15(2)22(31-23(35)16-7-9-18(27)10-8-16)24(36)32-12-4-6-19(32)20(33)13-17(21(34)14-26)5-3-11-30-25(28)29/h7-10,15,17,19,22H,3-6,11-14H2,1-2H3,(H,31,35)(H4,28,29,30)/t17-,19-,22-/m0/s1. The Hall–Kier alpha value is -3.37. The van der Waals surface area contributed by atoms with Gasteiger partial charge in [0.05, 0.1) is 6.04 Å². The molecule has 2 amide bonds. The van der Waals surface area contributed by atoms with Crippen LogP contribution in [0.2, 0.25) is 0 Å². The molecule has 2 rings (SSSR count). The molecule has 1 saturated heterocycles. The monoisotopic (exact) mass is 507 g/mol. The van der Waals surface area contributed by atoms with E-state index >= 15 is 0 Å². The number of carbonyl (C=O) groups is 4. The van der Waals surface area contributed by atoms with E-state index in [4.69, 9.17) is 11.5 Å². The molecular weight excluding hydrogens is 472 g/mol. The molecule has 5 N–H and O–H groups in total. The van der Waals surface area contributed by atoms with E-state index in [1.165, 1.54) is 17.0 Å². The fraction of sp³-hybridized carbons (Fsp3) is 0.560. The van der Waals surface area contributed by atoms with Crippen molar-refractivity contribution in [3.63, 3.8) is 0 Å². The topological polar surface area (TPSA) is 148 Å². The highest BCUT2D eigenvalue weighted by molar-refractivity contribution is 5.99. The number of carbonyl (C=O) groups excluding carboxylic acids is 4. The Bertz CT molecular complexity index is 964. The summed E-state index contributed by atoms with van der Waals surface area (Å²) in [5.41, 5.74) is 10.8. The lowest BCUT2D eigenvalue weighted by Crippen LogP contribution is -2.54. The zero-order chi connectivity index (χ0) is 26.8. The summed E-state index contributed by atoms with van der Waals surface area (Å²) in [6.45, 7) is 2.94. The Morgan fingerprint density at radius 1 is 1.17 bits per heavy atom. The van der Waals surface area contributed by atoms with Crippen molar-refractivity contribution in [2.24, 2.45) is 28.3 Å². The summed E-state index contributed by atoms with van der Waals surface area (Å²) in [5, 5.41) is 2.70. The normalized spacial score (nSPS) is 16.9. The van der Waals surface area contributed by atoms with Crippen molar-refractivity contribution in [1.29, 1.82) is 0 Å². The van der Waals surface area contributed by atoms with Crippen LogP contribution in [-0.4, -0.2) is 66.1 Å². The number of amides is 2. The third-order valence-corrected chi connectivity index (χ3v) is 6.27. The number of nitrogens with zero attached hydrogens (tertiary/aromatic N) is 2. The first kappa shape index (κ1) is 28.9. The highest BCUT2D eigenvalue weighted by Crippen LogP contribution is 2.25. The van der Waals surface area contributed by atoms with E-state index in [1.807, 2.05) is 0 Å². The van der Waals surface area contributed by atoms with Gasteiger partial charge in [-0.05, 0) is 55.9 Å². The Morgan fingerprint density at radius 2 is 1.83 bits per heavy atom. The van der Waals surface area contributed by atoms with Crippen LogP contribution in [0.4, 0.5) is 8.78 Å². The molecule has 1 fully saturated rings. The number of nitrogens with two attached hydrogens (primary N) is 2. The lowest BCUT2D eigenvalue weighted by Gasteiger charge is -2.31. The number of aliphatic imine (C=N–C) groups is 1. The van der Waals surface area contributed by atoms with E-state index in [0.29, 0.717) is 25.8 Å². The summed E-state index contributed by atoms with van der Waals surface area (Å²) in [6.07, 6.45) is 1.47. The molecule has 9 nitrogen and oxygen atoms in total. The molecule has 1 aromatic rings. The second-order valence-corrected chi connectivity index (χ2v) is 9.31. The van der Waals surface area contributed by atoms with Gasteiger partial charge in [-0.25, -0.2) is 8.78 Å². The molecule has 198 valence electrons. The minimum atomic E-state index is -1.18. The second kappa shape index (κ2) is 13.6. The largest absolute Gasteiger partial charge is 0.370 e. The number of guanidine groups is 1. The molecule has 3 atom stereocenters. The molecule has 1 heterocycles. The van der Waals surface area contributed by atoms with Gasteiger partial charge in [0.2, 0.25) is 5.91 Å². The average Bonchev–Trinajstić information content (AvgIpc) is 3.33. The molecule has 0 aliphatic carbocycles. The molecule has 1 aliphatic heterocycles. The zero-order valence-corrected chi connectivity index (χ0v) is 20.7. The van der Waals surface area contributed by atoms with Crippen molar-refractivity contribution >= 4 is 29.3 Å². The predicted molar refractivity (Wildman–Crippen MR) is 131 cm³/mol. The lowest BCUT2D eigenvalue weighted by molar-refractivity contribution is -0.140. The van der Waals surface area contributed by atoms with Crippen molar-refractivity contribution < 1.29 is 28.0 Å². The van der Waals surface area contributed by atoms with Gasteiger partial charge in [0, 0.05) is 31.0 Å². The van der Waals surface area contributed by atoms with E-state index in [1.54, 1.807) is 13.8 Å². The van der Waals surface area contributed by atoms with E-state index in [0.717, 1.165) is 12.1 Å². The first-order valence-corrected chi connectivity index (χ1v) is 12.1. The number of hydrogen-bond acceptors (Lipinski definition) is 5. The molecule has 1 aromatic carbocycles. The number of alkyl halides is 1. The van der Waals surface area contributed by atoms with Crippen LogP contribution in [0, 0.1) is 17.7 Å². The summed E-state index contributed by atoms with van der Waals surface area (Å²) in [4.78, 5) is 56.6. The molecule has 0 saturated carbocycles. The maximum Gasteiger partial charge on any atom is 0.251 e. The highest BCUT2D eigenvalue weighted by atomic mass is 19.1. The smallest absolute Gasteiger partial charge is 0.251 e. The molecule has 0 spiro atoms. The van der Waals surface area contributed by atoms with E-state index in [9.17, 15) is 28.0 Å². The van der Waals surface area contributed by atoms with Gasteiger partial charge < -0.3 is 21.7 Å². The fourth-order valence-corrected chi connectivity index (χ4v) is 4.29. The van der Waals surface area contributed by atoms with Crippen molar-refractivity contribution in [1.82, 2.24) is 10.2 Å². The summed E-state index contributed by atoms with van der Waals surface area (Å²) in [6, 6.07) is 3.30. The van der Waals surface area contributed by atoms with Gasteiger partial charge in [-0.2, -0.15) is 0 Å². The summed E-state index contributed by atoms with van der Waals surface area (Å²) in [5.74, 6) is -3.61. The number of ketones is 2. The van der Waals surface area contributed by atoms with Gasteiger partial charge in [0.15, 0.2) is 17.5 Å². The molecule has 11 heteroatoms. The van der Waals surface area contributed by atoms with Gasteiger partial charge >= 0.3 is 0 Å². The summed E-state index contributed by atoms with van der Waals surface area (Å²) >= 11 is 0. The zero-order valence-electron chi connectivity index (χ0n) is 20.7. The molecule has 0 radical (unpaired) electrons. The second-order valence-electron chi connectivity index (χ2n) is 9.31. The Morgan fingerprint density at radius 3 is 2.42 bits per heavy atom. The van der Waals surface area contributed by atoms with E-state index < -0.39 is 48.1 Å². The Balaban J connectivity index is 2.09. The number of rotatable bonds is 13. The van der Waals surface area contributed by atoms with Crippen LogP contribution >= 0.6 is 0 Å². The van der Waals surface area contributed by atoms with Crippen molar-refractivity contribution in [3.05, 3.63) is 35.6 Å². The van der Waals surface area contributed by atoms with Crippen LogP contribution in [0.15, 0.2) is 29.3 Å². The maximum atomic E-state index is 13.4. The van der Waals surface area contributed by atoms with Crippen LogP contribution in [-0.2, 0) is 14.4 Å². The summed E-state index contributed by atoms with van der Waals surface area (Å²) < 4.78 is 26.3. The van der Waals surface area contributed by atoms with Crippen molar-refractivity contribution in [2.75, 3.05) is 19.8 Å². The molecule has 1 aliphatic rings. The molecule has 36 heavy (non-hydrogen) atoms. The minimum absolute atomic E-state index is 0.0919. The number of likely N-dealkylation sites (tertiary alicyclic amines) is 1. The number of nitrogens with one attached hydrogen (secondary N) is 1. The number of benzene rings is 1. The number of halogens is 2. The molecular formula is C25H35F2N5O4. The number of Topliss-reactive ketones (excluding diaryl/α,β-unsaturated/α-hetero) is 2. The highest BCUT2D eigenvalue weighted by Gasteiger charge is 2.39. The number of hydrogen-bond donors (Lipinski definition) is 3. The predicted octanol–water partition coefficient (Wildman–Crippen LogP) is 1.74. The van der Waals surface area contributed by atoms with E-state index in [2.05, 4.69) is 10.3 Å². The van der Waals surface area contributed by atoms with Gasteiger partial charge in [0.1, 0.15) is 18.5 Å². The van der Waals surface area contributed by atoms with Gasteiger partial charge in [-0.15, -0.1) is 0 Å². The average molecular weight is 508 g/mol. The van der Waals surface area contributed by atoms with Crippen LogP contribution in [0.3, 0.4) is 0 Å². The maximum absolute atomic E-state index is 13.4. The van der Waals surface area contributed by atoms with Crippen LogP contribution in [0.1, 0.15) is 56.3 Å². The lowest BCUT2D eigenvalue weighted by atomic mass is 9.90.